The Morgan fingerprint density at radius 2 is 1.79 bits per heavy atom. The van der Waals surface area contributed by atoms with Gasteiger partial charge in [0, 0.05) is 50.7 Å². The van der Waals surface area contributed by atoms with E-state index < -0.39 is 0 Å². The second-order valence-corrected chi connectivity index (χ2v) is 7.07. The predicted octanol–water partition coefficient (Wildman–Crippen LogP) is 1.42. The third-order valence-electron chi connectivity index (χ3n) is 5.46. The van der Waals surface area contributed by atoms with Gasteiger partial charge in [0.25, 0.3) is 0 Å². The molecule has 5 heteroatoms. The molecule has 0 saturated carbocycles. The van der Waals surface area contributed by atoms with Gasteiger partial charge in [-0.25, -0.2) is 4.98 Å². The Bertz CT molecular complexity index is 699. The lowest BCUT2D eigenvalue weighted by atomic mass is 9.99. The summed E-state index contributed by atoms with van der Waals surface area (Å²) in [5, 5.41) is 11.9. The molecule has 2 atom stereocenters. The number of hydrogen-bond acceptors (Lipinski definition) is 5. The van der Waals surface area contributed by atoms with Crippen LogP contribution in [0.4, 0.5) is 5.82 Å². The summed E-state index contributed by atoms with van der Waals surface area (Å²) in [5.41, 5.74) is 1.02. The number of benzene rings is 1. The quantitative estimate of drug-likeness (QED) is 0.904. The topological polar surface area (TPSA) is 42.8 Å². The molecule has 1 aromatic carbocycles. The van der Waals surface area contributed by atoms with Gasteiger partial charge in [-0.1, -0.05) is 18.2 Å². The van der Waals surface area contributed by atoms with E-state index in [2.05, 4.69) is 39.9 Å². The summed E-state index contributed by atoms with van der Waals surface area (Å²) in [4.78, 5) is 11.8. The van der Waals surface area contributed by atoms with Crippen molar-refractivity contribution in [1.29, 1.82) is 0 Å². The van der Waals surface area contributed by atoms with Crippen LogP contribution in [0.1, 0.15) is 6.42 Å². The molecule has 0 amide bonds. The molecule has 1 N–H and O–H groups in total. The average Bonchev–Trinajstić information content (AvgIpc) is 2.62. The van der Waals surface area contributed by atoms with Crippen molar-refractivity contribution in [3.63, 3.8) is 0 Å². The number of aliphatic hydroxyl groups is 1. The third kappa shape index (κ3) is 3.11. The number of rotatable bonds is 2. The Labute approximate surface area is 143 Å². The zero-order chi connectivity index (χ0) is 16.5. The van der Waals surface area contributed by atoms with E-state index in [0.717, 1.165) is 55.9 Å². The fraction of sp³-hybridized carbons (Fsp3) is 0.526. The van der Waals surface area contributed by atoms with Crippen LogP contribution in [-0.4, -0.2) is 78.4 Å². The van der Waals surface area contributed by atoms with Crippen molar-refractivity contribution >= 4 is 16.7 Å². The van der Waals surface area contributed by atoms with E-state index in [-0.39, 0.29) is 12.1 Å². The lowest BCUT2D eigenvalue weighted by Crippen LogP contribution is -2.58. The van der Waals surface area contributed by atoms with Crippen LogP contribution in [0.15, 0.2) is 36.4 Å². The standard InChI is InChI=1S/C19H26N4O/c1-21-10-12-22(13-11-21)17-8-9-23(14-18(17)24)19-7-6-15-4-2-3-5-16(15)20-19/h2-7,17-18,24H,8-14H2,1H3/t17-,18-/m1/s1. The molecule has 0 radical (unpaired) electrons. The van der Waals surface area contributed by atoms with E-state index >= 15 is 0 Å². The van der Waals surface area contributed by atoms with Crippen molar-refractivity contribution in [3.8, 4) is 0 Å². The number of nitrogens with zero attached hydrogens (tertiary/aromatic N) is 4. The van der Waals surface area contributed by atoms with Gasteiger partial charge in [-0.2, -0.15) is 0 Å². The van der Waals surface area contributed by atoms with Crippen LogP contribution in [0.2, 0.25) is 0 Å². The van der Waals surface area contributed by atoms with E-state index in [9.17, 15) is 5.11 Å². The summed E-state index contributed by atoms with van der Waals surface area (Å²) in [7, 11) is 2.17. The Hall–Kier alpha value is -1.69. The summed E-state index contributed by atoms with van der Waals surface area (Å²) in [6.45, 7) is 5.94. The van der Waals surface area contributed by atoms with Crippen LogP contribution in [0.5, 0.6) is 0 Å². The zero-order valence-electron chi connectivity index (χ0n) is 14.3. The molecule has 24 heavy (non-hydrogen) atoms. The van der Waals surface area contributed by atoms with E-state index in [0.29, 0.717) is 6.54 Å². The number of fused-ring (bicyclic) bond motifs is 1. The molecule has 4 rings (SSSR count). The van der Waals surface area contributed by atoms with E-state index in [1.54, 1.807) is 0 Å². The van der Waals surface area contributed by atoms with Crippen LogP contribution in [-0.2, 0) is 0 Å². The van der Waals surface area contributed by atoms with Crippen LogP contribution in [0, 0.1) is 0 Å². The fourth-order valence-corrected chi connectivity index (χ4v) is 3.94. The Kier molecular flexibility index (Phi) is 4.39. The first kappa shape index (κ1) is 15.8. The van der Waals surface area contributed by atoms with Crippen molar-refractivity contribution in [1.82, 2.24) is 14.8 Å². The molecule has 5 nitrogen and oxygen atoms in total. The van der Waals surface area contributed by atoms with Gasteiger partial charge in [0.15, 0.2) is 0 Å². The number of likely N-dealkylation sites (N-methyl/N-ethyl adjacent to an activating group) is 1. The highest BCUT2D eigenvalue weighted by molar-refractivity contribution is 5.80. The minimum Gasteiger partial charge on any atom is -0.390 e. The van der Waals surface area contributed by atoms with Crippen LogP contribution in [0.25, 0.3) is 10.9 Å². The number of para-hydroxylation sites is 1. The maximum Gasteiger partial charge on any atom is 0.129 e. The number of pyridine rings is 1. The van der Waals surface area contributed by atoms with Crippen molar-refractivity contribution in [2.75, 3.05) is 51.2 Å². The minimum absolute atomic E-state index is 0.287. The molecular formula is C19H26N4O. The number of hydrogen-bond donors (Lipinski definition) is 1. The lowest BCUT2D eigenvalue weighted by molar-refractivity contribution is 0.0138. The maximum absolute atomic E-state index is 10.7. The monoisotopic (exact) mass is 326 g/mol. The first-order valence-corrected chi connectivity index (χ1v) is 8.92. The number of anilines is 1. The summed E-state index contributed by atoms with van der Waals surface area (Å²) >= 11 is 0. The Morgan fingerprint density at radius 3 is 2.58 bits per heavy atom. The number of β-amino-alcohol motifs (C(OH)–C–C–N with tert-alkyl or cyclic N) is 1. The van der Waals surface area contributed by atoms with Gasteiger partial charge in [-0.3, -0.25) is 4.90 Å². The van der Waals surface area contributed by atoms with Crippen molar-refractivity contribution < 1.29 is 5.11 Å². The van der Waals surface area contributed by atoms with Gasteiger partial charge in [0.05, 0.1) is 11.6 Å². The molecule has 3 heterocycles. The molecule has 1 aromatic heterocycles. The van der Waals surface area contributed by atoms with E-state index in [4.69, 9.17) is 4.98 Å². The van der Waals surface area contributed by atoms with Gasteiger partial charge in [-0.15, -0.1) is 0 Å². The lowest BCUT2D eigenvalue weighted by Gasteiger charge is -2.44. The molecule has 2 saturated heterocycles. The summed E-state index contributed by atoms with van der Waals surface area (Å²) < 4.78 is 0. The smallest absolute Gasteiger partial charge is 0.129 e. The molecule has 0 aliphatic carbocycles. The first-order chi connectivity index (χ1) is 11.7. The largest absolute Gasteiger partial charge is 0.390 e. The zero-order valence-corrected chi connectivity index (χ0v) is 14.3. The van der Waals surface area contributed by atoms with Crippen LogP contribution >= 0.6 is 0 Å². The molecule has 2 fully saturated rings. The SMILES string of the molecule is CN1CCN([C@@H]2CCN(c3ccc4ccccc4n3)C[C@H]2O)CC1. The molecule has 0 spiro atoms. The molecule has 2 aliphatic rings. The maximum atomic E-state index is 10.7. The number of piperidine rings is 1. The number of aromatic nitrogens is 1. The normalized spacial score (nSPS) is 26.8. The highest BCUT2D eigenvalue weighted by Crippen LogP contribution is 2.24. The van der Waals surface area contributed by atoms with Crippen LogP contribution < -0.4 is 4.90 Å². The van der Waals surface area contributed by atoms with Crippen LogP contribution in [0.3, 0.4) is 0 Å². The fourth-order valence-electron chi connectivity index (χ4n) is 3.94. The second-order valence-electron chi connectivity index (χ2n) is 7.07. The van der Waals surface area contributed by atoms with Gasteiger partial charge < -0.3 is 14.9 Å². The van der Waals surface area contributed by atoms with Gasteiger partial charge in [0.1, 0.15) is 5.82 Å². The molecule has 0 unspecified atom stereocenters. The summed E-state index contributed by atoms with van der Waals surface area (Å²) in [5.74, 6) is 0.976. The Morgan fingerprint density at radius 1 is 1.00 bits per heavy atom. The molecule has 0 bridgehead atoms. The highest BCUT2D eigenvalue weighted by atomic mass is 16.3. The van der Waals surface area contributed by atoms with Gasteiger partial charge in [0.2, 0.25) is 0 Å². The molecule has 2 aliphatic heterocycles. The number of aliphatic hydroxyl groups excluding tert-OH is 1. The summed E-state index contributed by atoms with van der Waals surface area (Å²) in [6.07, 6.45) is 0.690. The van der Waals surface area contributed by atoms with E-state index in [1.807, 2.05) is 18.2 Å². The third-order valence-corrected chi connectivity index (χ3v) is 5.46. The minimum atomic E-state index is -0.310. The van der Waals surface area contributed by atoms with Crippen molar-refractivity contribution in [2.24, 2.45) is 0 Å². The average molecular weight is 326 g/mol. The number of piperazine rings is 1. The second kappa shape index (κ2) is 6.67. The highest BCUT2D eigenvalue weighted by Gasteiger charge is 2.33. The Balaban J connectivity index is 1.45. The first-order valence-electron chi connectivity index (χ1n) is 8.92. The molecule has 128 valence electrons. The van der Waals surface area contributed by atoms with Crippen molar-refractivity contribution in [2.45, 2.75) is 18.6 Å². The predicted molar refractivity (Wildman–Crippen MR) is 97.4 cm³/mol. The van der Waals surface area contributed by atoms with E-state index in [1.165, 1.54) is 0 Å². The van der Waals surface area contributed by atoms with Gasteiger partial charge in [-0.05, 0) is 31.7 Å². The van der Waals surface area contributed by atoms with Crippen molar-refractivity contribution in [3.05, 3.63) is 36.4 Å². The molecule has 2 aromatic rings. The molecular weight excluding hydrogens is 300 g/mol. The van der Waals surface area contributed by atoms with Gasteiger partial charge >= 0.3 is 0 Å². The summed E-state index contributed by atoms with van der Waals surface area (Å²) in [6, 6.07) is 12.7.